The summed E-state index contributed by atoms with van der Waals surface area (Å²) in [5, 5.41) is 3.53. The molecule has 28 heavy (non-hydrogen) atoms. The first-order chi connectivity index (χ1) is 13.5. The summed E-state index contributed by atoms with van der Waals surface area (Å²) in [7, 11) is 0. The van der Waals surface area contributed by atoms with Crippen molar-refractivity contribution in [2.75, 3.05) is 49.5 Å². The molecule has 7 heteroatoms. The molecule has 0 unspecified atom stereocenters. The van der Waals surface area contributed by atoms with Gasteiger partial charge in [0, 0.05) is 42.6 Å². The summed E-state index contributed by atoms with van der Waals surface area (Å²) >= 11 is 9.30. The maximum Gasteiger partial charge on any atom is 0.262 e. The quantitative estimate of drug-likeness (QED) is 0.677. The molecule has 0 atom stereocenters. The molecule has 1 N–H and O–H groups in total. The highest BCUT2D eigenvalue weighted by Crippen LogP contribution is 2.28. The number of nitrogens with zero attached hydrogens (tertiary/aromatic N) is 2. The molecular weight excluding hydrogens is 442 g/mol. The normalized spacial score (nSPS) is 14.8. The lowest BCUT2D eigenvalue weighted by Crippen LogP contribution is -2.46. The molecule has 3 rings (SSSR count). The van der Waals surface area contributed by atoms with E-state index in [0.29, 0.717) is 10.8 Å². The van der Waals surface area contributed by atoms with Gasteiger partial charge in [0.1, 0.15) is 5.75 Å². The molecule has 0 spiro atoms. The van der Waals surface area contributed by atoms with Crippen molar-refractivity contribution in [2.45, 2.75) is 13.8 Å². The molecule has 2 aromatic rings. The second-order valence-corrected chi connectivity index (χ2v) is 8.12. The molecule has 1 heterocycles. The lowest BCUT2D eigenvalue weighted by atomic mass is 10.1. The molecule has 1 saturated heterocycles. The first kappa shape index (κ1) is 21.0. The number of hydrogen-bond acceptors (Lipinski definition) is 4. The number of amides is 1. The monoisotopic (exact) mass is 465 g/mol. The number of halogens is 2. The van der Waals surface area contributed by atoms with Crippen LogP contribution in [0.5, 0.6) is 5.75 Å². The van der Waals surface area contributed by atoms with Crippen LogP contribution < -0.4 is 15.0 Å². The molecule has 0 saturated carbocycles. The van der Waals surface area contributed by atoms with Gasteiger partial charge in [-0.2, -0.15) is 0 Å². The molecule has 0 radical (unpaired) electrons. The minimum Gasteiger partial charge on any atom is -0.483 e. The van der Waals surface area contributed by atoms with Crippen LogP contribution in [0.25, 0.3) is 0 Å². The fourth-order valence-corrected chi connectivity index (χ4v) is 4.03. The fraction of sp³-hybridized carbons (Fsp3) is 0.381. The third-order valence-corrected chi connectivity index (χ3v) is 5.78. The Bertz CT molecular complexity index is 838. The van der Waals surface area contributed by atoms with Crippen LogP contribution in [-0.2, 0) is 4.79 Å². The summed E-state index contributed by atoms with van der Waals surface area (Å²) in [6, 6.07) is 11.4. The van der Waals surface area contributed by atoms with E-state index in [4.69, 9.17) is 16.3 Å². The number of hydrogen-bond donors (Lipinski definition) is 1. The predicted molar refractivity (Wildman–Crippen MR) is 119 cm³/mol. The lowest BCUT2D eigenvalue weighted by molar-refractivity contribution is -0.118. The first-order valence-electron chi connectivity index (χ1n) is 9.42. The van der Waals surface area contributed by atoms with E-state index in [2.05, 4.69) is 50.1 Å². The Morgan fingerprint density at radius 2 is 1.93 bits per heavy atom. The average Bonchev–Trinajstić information content (AvgIpc) is 2.69. The van der Waals surface area contributed by atoms with Crippen LogP contribution in [-0.4, -0.2) is 50.1 Å². The summed E-state index contributed by atoms with van der Waals surface area (Å²) in [5.41, 5.74) is 3.05. The van der Waals surface area contributed by atoms with Gasteiger partial charge in [-0.3, -0.25) is 4.79 Å². The summed E-state index contributed by atoms with van der Waals surface area (Å²) in [6.45, 7) is 9.49. The van der Waals surface area contributed by atoms with Gasteiger partial charge in [-0.05, 0) is 71.4 Å². The van der Waals surface area contributed by atoms with Gasteiger partial charge in [0.25, 0.3) is 5.91 Å². The van der Waals surface area contributed by atoms with Crippen LogP contribution in [0.3, 0.4) is 0 Å². The summed E-state index contributed by atoms with van der Waals surface area (Å²) < 4.78 is 6.29. The summed E-state index contributed by atoms with van der Waals surface area (Å²) in [4.78, 5) is 17.1. The highest BCUT2D eigenvalue weighted by molar-refractivity contribution is 9.10. The van der Waals surface area contributed by atoms with Crippen molar-refractivity contribution >= 4 is 44.8 Å². The van der Waals surface area contributed by atoms with Gasteiger partial charge in [0.2, 0.25) is 0 Å². The van der Waals surface area contributed by atoms with Crippen molar-refractivity contribution in [3.05, 3.63) is 51.5 Å². The van der Waals surface area contributed by atoms with Crippen LogP contribution >= 0.6 is 27.5 Å². The van der Waals surface area contributed by atoms with Crippen LogP contribution in [0, 0.1) is 6.92 Å². The molecule has 1 aliphatic heterocycles. The van der Waals surface area contributed by atoms with Crippen molar-refractivity contribution in [1.82, 2.24) is 4.90 Å². The molecular formula is C21H25BrClN3O2. The Balaban J connectivity index is 1.56. The molecule has 0 aliphatic carbocycles. The van der Waals surface area contributed by atoms with E-state index < -0.39 is 0 Å². The Kier molecular flexibility index (Phi) is 7.21. The Morgan fingerprint density at radius 3 is 2.57 bits per heavy atom. The maximum atomic E-state index is 12.3. The molecule has 5 nitrogen and oxygen atoms in total. The highest BCUT2D eigenvalue weighted by Gasteiger charge is 2.16. The predicted octanol–water partition coefficient (Wildman–Crippen LogP) is 4.57. The number of nitrogens with one attached hydrogen (secondary N) is 1. The molecule has 150 valence electrons. The van der Waals surface area contributed by atoms with E-state index in [1.165, 1.54) is 5.69 Å². The van der Waals surface area contributed by atoms with Gasteiger partial charge >= 0.3 is 0 Å². The van der Waals surface area contributed by atoms with Crippen LogP contribution in [0.2, 0.25) is 5.02 Å². The number of anilines is 2. The largest absolute Gasteiger partial charge is 0.483 e. The Morgan fingerprint density at radius 1 is 1.18 bits per heavy atom. The number of rotatable bonds is 6. The van der Waals surface area contributed by atoms with E-state index in [-0.39, 0.29) is 12.5 Å². The zero-order valence-corrected chi connectivity index (χ0v) is 18.5. The Labute approximate surface area is 179 Å². The fourth-order valence-electron chi connectivity index (χ4n) is 3.23. The minimum absolute atomic E-state index is 0.0690. The molecule has 0 aromatic heterocycles. The number of aryl methyl sites for hydroxylation is 1. The van der Waals surface area contributed by atoms with E-state index in [9.17, 15) is 4.79 Å². The molecule has 0 bridgehead atoms. The minimum atomic E-state index is -0.200. The smallest absolute Gasteiger partial charge is 0.262 e. The van der Waals surface area contributed by atoms with Gasteiger partial charge in [-0.15, -0.1) is 0 Å². The van der Waals surface area contributed by atoms with Gasteiger partial charge in [-0.25, -0.2) is 0 Å². The zero-order valence-electron chi connectivity index (χ0n) is 16.2. The highest BCUT2D eigenvalue weighted by atomic mass is 79.9. The molecule has 2 aromatic carbocycles. The second kappa shape index (κ2) is 9.63. The van der Waals surface area contributed by atoms with E-state index in [0.717, 1.165) is 48.4 Å². The Hall–Kier alpha value is -1.76. The number of carbonyl (C=O) groups is 1. The summed E-state index contributed by atoms with van der Waals surface area (Å²) in [6.07, 6.45) is 0. The number of piperazine rings is 1. The molecule has 1 amide bonds. The number of carbonyl (C=O) groups excluding carboxylic acids is 1. The zero-order chi connectivity index (χ0) is 20.1. The second-order valence-electron chi connectivity index (χ2n) is 6.83. The van der Waals surface area contributed by atoms with Gasteiger partial charge in [0.15, 0.2) is 6.61 Å². The van der Waals surface area contributed by atoms with Crippen molar-refractivity contribution < 1.29 is 9.53 Å². The van der Waals surface area contributed by atoms with Crippen LogP contribution in [0.15, 0.2) is 40.9 Å². The maximum absolute atomic E-state index is 12.3. The van der Waals surface area contributed by atoms with E-state index >= 15 is 0 Å². The molecule has 1 aliphatic rings. The van der Waals surface area contributed by atoms with Crippen molar-refractivity contribution in [3.63, 3.8) is 0 Å². The molecule has 1 fully saturated rings. The third kappa shape index (κ3) is 5.40. The number of benzene rings is 2. The number of ether oxygens (including phenoxy) is 1. The first-order valence-corrected chi connectivity index (χ1v) is 10.6. The topological polar surface area (TPSA) is 44.8 Å². The van der Waals surface area contributed by atoms with Crippen molar-refractivity contribution in [2.24, 2.45) is 0 Å². The van der Waals surface area contributed by atoms with Crippen LogP contribution in [0.1, 0.15) is 12.5 Å². The van der Waals surface area contributed by atoms with E-state index in [1.54, 1.807) is 18.2 Å². The van der Waals surface area contributed by atoms with Crippen LogP contribution in [0.4, 0.5) is 11.4 Å². The summed E-state index contributed by atoms with van der Waals surface area (Å²) in [5.74, 6) is 0.382. The van der Waals surface area contributed by atoms with Crippen molar-refractivity contribution in [1.29, 1.82) is 0 Å². The number of likely N-dealkylation sites (N-methyl/N-ethyl adjacent to an activating group) is 1. The van der Waals surface area contributed by atoms with Gasteiger partial charge in [-0.1, -0.05) is 18.5 Å². The SMILES string of the molecule is CCN1CCN(c2ccc(NC(=O)COc3ccc(Cl)cc3Br)c(C)c2)CC1. The van der Waals surface area contributed by atoms with E-state index in [1.807, 2.05) is 13.0 Å². The average molecular weight is 467 g/mol. The lowest BCUT2D eigenvalue weighted by Gasteiger charge is -2.35. The van der Waals surface area contributed by atoms with Gasteiger partial charge < -0.3 is 19.9 Å². The standard InChI is InChI=1S/C21H25BrClN3O2/c1-3-25-8-10-26(11-9-25)17-5-6-19(15(2)12-17)24-21(27)14-28-20-7-4-16(23)13-18(20)22/h4-7,12-13H,3,8-11,14H2,1-2H3,(H,24,27). The third-order valence-electron chi connectivity index (χ3n) is 4.92. The van der Waals surface area contributed by atoms with Crippen molar-refractivity contribution in [3.8, 4) is 5.75 Å². The van der Waals surface area contributed by atoms with Gasteiger partial charge in [0.05, 0.1) is 4.47 Å².